The van der Waals surface area contributed by atoms with Gasteiger partial charge >= 0.3 is 0 Å². The van der Waals surface area contributed by atoms with Crippen LogP contribution in [0, 0.1) is 0 Å². The standard InChI is InChI=1S/C16H23ClN2/c1-2-14-4-3-9-19(14)16-8-5-12(10-15(16)17)11-18-13-6-7-13/h5,8,10,13-14,18H,2-4,6-7,9,11H2,1H3. The Morgan fingerprint density at radius 3 is 2.84 bits per heavy atom. The minimum Gasteiger partial charge on any atom is -0.367 e. The molecular weight excluding hydrogens is 256 g/mol. The third kappa shape index (κ3) is 3.06. The Morgan fingerprint density at radius 2 is 2.16 bits per heavy atom. The van der Waals surface area contributed by atoms with E-state index in [-0.39, 0.29) is 0 Å². The lowest BCUT2D eigenvalue weighted by atomic mass is 10.1. The van der Waals surface area contributed by atoms with Crippen LogP contribution in [0.2, 0.25) is 5.02 Å². The van der Waals surface area contributed by atoms with Gasteiger partial charge in [0.1, 0.15) is 0 Å². The van der Waals surface area contributed by atoms with Gasteiger partial charge < -0.3 is 10.2 Å². The average Bonchev–Trinajstić information content (AvgIpc) is 3.13. The van der Waals surface area contributed by atoms with E-state index in [0.29, 0.717) is 6.04 Å². The van der Waals surface area contributed by atoms with Crippen molar-refractivity contribution in [3.05, 3.63) is 28.8 Å². The summed E-state index contributed by atoms with van der Waals surface area (Å²) in [5.74, 6) is 0. The molecule has 0 aromatic heterocycles. The van der Waals surface area contributed by atoms with Gasteiger partial charge in [-0.1, -0.05) is 24.6 Å². The van der Waals surface area contributed by atoms with E-state index in [1.54, 1.807) is 0 Å². The van der Waals surface area contributed by atoms with Gasteiger partial charge in [-0.05, 0) is 49.8 Å². The molecule has 0 radical (unpaired) electrons. The SMILES string of the molecule is CCC1CCCN1c1ccc(CNC2CC2)cc1Cl. The van der Waals surface area contributed by atoms with Crippen LogP contribution >= 0.6 is 11.6 Å². The van der Waals surface area contributed by atoms with E-state index < -0.39 is 0 Å². The Balaban J connectivity index is 1.71. The number of rotatable bonds is 5. The van der Waals surface area contributed by atoms with Crippen LogP contribution in [0.3, 0.4) is 0 Å². The van der Waals surface area contributed by atoms with Gasteiger partial charge in [0.15, 0.2) is 0 Å². The molecule has 2 fully saturated rings. The van der Waals surface area contributed by atoms with E-state index in [2.05, 4.69) is 35.3 Å². The van der Waals surface area contributed by atoms with Crippen molar-refractivity contribution in [1.82, 2.24) is 5.32 Å². The lowest BCUT2D eigenvalue weighted by Gasteiger charge is -2.27. The number of hydrogen-bond acceptors (Lipinski definition) is 2. The van der Waals surface area contributed by atoms with Crippen molar-refractivity contribution in [3.8, 4) is 0 Å². The Morgan fingerprint density at radius 1 is 1.32 bits per heavy atom. The quantitative estimate of drug-likeness (QED) is 0.877. The van der Waals surface area contributed by atoms with Gasteiger partial charge in [-0.25, -0.2) is 0 Å². The molecule has 1 atom stereocenters. The first-order valence-corrected chi connectivity index (χ1v) is 7.94. The van der Waals surface area contributed by atoms with Crippen LogP contribution in [-0.4, -0.2) is 18.6 Å². The summed E-state index contributed by atoms with van der Waals surface area (Å²) in [5.41, 5.74) is 2.52. The summed E-state index contributed by atoms with van der Waals surface area (Å²) in [6.07, 6.45) is 6.47. The highest BCUT2D eigenvalue weighted by Crippen LogP contribution is 2.33. The zero-order chi connectivity index (χ0) is 13.2. The maximum atomic E-state index is 6.49. The van der Waals surface area contributed by atoms with E-state index in [1.807, 2.05) is 0 Å². The molecule has 1 aliphatic heterocycles. The molecule has 3 rings (SSSR count). The average molecular weight is 279 g/mol. The van der Waals surface area contributed by atoms with Gasteiger partial charge in [-0.15, -0.1) is 0 Å². The van der Waals surface area contributed by atoms with E-state index in [1.165, 1.54) is 43.4 Å². The Hall–Kier alpha value is -0.730. The minimum atomic E-state index is 0.674. The lowest BCUT2D eigenvalue weighted by molar-refractivity contribution is 0.645. The third-order valence-electron chi connectivity index (χ3n) is 4.34. The second kappa shape index (κ2) is 5.72. The van der Waals surface area contributed by atoms with E-state index in [9.17, 15) is 0 Å². The molecule has 104 valence electrons. The fourth-order valence-corrected chi connectivity index (χ4v) is 3.33. The molecule has 0 bridgehead atoms. The summed E-state index contributed by atoms with van der Waals surface area (Å²) >= 11 is 6.49. The third-order valence-corrected chi connectivity index (χ3v) is 4.64. The van der Waals surface area contributed by atoms with Gasteiger partial charge in [-0.3, -0.25) is 0 Å². The largest absolute Gasteiger partial charge is 0.367 e. The first kappa shape index (κ1) is 13.3. The van der Waals surface area contributed by atoms with Crippen LogP contribution in [0.25, 0.3) is 0 Å². The number of benzene rings is 1. The first-order valence-electron chi connectivity index (χ1n) is 7.56. The van der Waals surface area contributed by atoms with Crippen molar-refractivity contribution in [1.29, 1.82) is 0 Å². The smallest absolute Gasteiger partial charge is 0.0642 e. The topological polar surface area (TPSA) is 15.3 Å². The number of nitrogens with zero attached hydrogens (tertiary/aromatic N) is 1. The Bertz CT molecular complexity index is 442. The molecular formula is C16H23ClN2. The highest BCUT2D eigenvalue weighted by molar-refractivity contribution is 6.33. The van der Waals surface area contributed by atoms with Crippen molar-refractivity contribution in [2.45, 2.75) is 57.7 Å². The Labute approximate surface area is 121 Å². The van der Waals surface area contributed by atoms with Gasteiger partial charge in [0, 0.05) is 25.2 Å². The molecule has 1 aromatic carbocycles. The summed E-state index contributed by atoms with van der Waals surface area (Å²) < 4.78 is 0. The Kier molecular flexibility index (Phi) is 3.99. The summed E-state index contributed by atoms with van der Waals surface area (Å²) in [6.45, 7) is 4.37. The van der Waals surface area contributed by atoms with Crippen molar-refractivity contribution in [2.75, 3.05) is 11.4 Å². The molecule has 0 amide bonds. The molecule has 3 heteroatoms. The number of hydrogen-bond donors (Lipinski definition) is 1. The normalized spacial score (nSPS) is 23.1. The summed E-state index contributed by atoms with van der Waals surface area (Å²) in [4.78, 5) is 2.49. The summed E-state index contributed by atoms with van der Waals surface area (Å²) in [6, 6.07) is 7.99. The van der Waals surface area contributed by atoms with Gasteiger partial charge in [0.05, 0.1) is 10.7 Å². The second-order valence-electron chi connectivity index (χ2n) is 5.84. The van der Waals surface area contributed by atoms with Crippen molar-refractivity contribution < 1.29 is 0 Å². The molecule has 2 aliphatic rings. The van der Waals surface area contributed by atoms with Crippen LogP contribution < -0.4 is 10.2 Å². The maximum absolute atomic E-state index is 6.49. The summed E-state index contributed by atoms with van der Waals surface area (Å²) in [7, 11) is 0. The molecule has 2 nitrogen and oxygen atoms in total. The number of halogens is 1. The van der Waals surface area contributed by atoms with Gasteiger partial charge in [-0.2, -0.15) is 0 Å². The minimum absolute atomic E-state index is 0.674. The van der Waals surface area contributed by atoms with E-state index >= 15 is 0 Å². The van der Waals surface area contributed by atoms with E-state index in [0.717, 1.165) is 24.2 Å². The maximum Gasteiger partial charge on any atom is 0.0642 e. The monoisotopic (exact) mass is 278 g/mol. The van der Waals surface area contributed by atoms with Crippen LogP contribution in [-0.2, 0) is 6.54 Å². The molecule has 1 unspecified atom stereocenters. The zero-order valence-corrected chi connectivity index (χ0v) is 12.4. The number of nitrogens with one attached hydrogen (secondary N) is 1. The molecule has 1 N–H and O–H groups in total. The number of anilines is 1. The molecule has 1 aromatic rings. The fraction of sp³-hybridized carbons (Fsp3) is 0.625. The molecule has 1 aliphatic carbocycles. The van der Waals surface area contributed by atoms with Crippen LogP contribution in [0.4, 0.5) is 5.69 Å². The van der Waals surface area contributed by atoms with Crippen LogP contribution in [0.15, 0.2) is 18.2 Å². The van der Waals surface area contributed by atoms with Crippen molar-refractivity contribution in [2.24, 2.45) is 0 Å². The lowest BCUT2D eigenvalue weighted by Crippen LogP contribution is -2.28. The van der Waals surface area contributed by atoms with Crippen molar-refractivity contribution in [3.63, 3.8) is 0 Å². The molecule has 1 heterocycles. The predicted octanol–water partition coefficient (Wildman–Crippen LogP) is 3.97. The fourth-order valence-electron chi connectivity index (χ4n) is 3.02. The second-order valence-corrected chi connectivity index (χ2v) is 6.25. The van der Waals surface area contributed by atoms with Crippen LogP contribution in [0.5, 0.6) is 0 Å². The summed E-state index contributed by atoms with van der Waals surface area (Å²) in [5, 5.41) is 4.45. The predicted molar refractivity (Wildman–Crippen MR) is 82.0 cm³/mol. The van der Waals surface area contributed by atoms with Crippen molar-refractivity contribution >= 4 is 17.3 Å². The van der Waals surface area contributed by atoms with Gasteiger partial charge in [0.25, 0.3) is 0 Å². The first-order chi connectivity index (χ1) is 9.28. The molecule has 0 spiro atoms. The highest BCUT2D eigenvalue weighted by atomic mass is 35.5. The van der Waals surface area contributed by atoms with E-state index in [4.69, 9.17) is 11.6 Å². The molecule has 1 saturated carbocycles. The highest BCUT2D eigenvalue weighted by Gasteiger charge is 2.25. The zero-order valence-electron chi connectivity index (χ0n) is 11.7. The molecule has 1 saturated heterocycles. The van der Waals surface area contributed by atoms with Crippen LogP contribution in [0.1, 0.15) is 44.6 Å². The molecule has 19 heavy (non-hydrogen) atoms. The van der Waals surface area contributed by atoms with Gasteiger partial charge in [0.2, 0.25) is 0 Å².